The predicted octanol–water partition coefficient (Wildman–Crippen LogP) is 2.26. The van der Waals surface area contributed by atoms with Crippen molar-refractivity contribution in [3.8, 4) is 11.5 Å². The maximum absolute atomic E-state index is 12.1. The van der Waals surface area contributed by atoms with E-state index in [1.165, 1.54) is 12.2 Å². The lowest BCUT2D eigenvalue weighted by molar-refractivity contribution is 0.0953. The highest BCUT2D eigenvalue weighted by Gasteiger charge is 2.19. The Morgan fingerprint density at radius 1 is 1.30 bits per heavy atom. The molecule has 0 bridgehead atoms. The minimum Gasteiger partial charge on any atom is -0.454 e. The van der Waals surface area contributed by atoms with Gasteiger partial charge in [0.25, 0.3) is 5.91 Å². The zero-order valence-electron chi connectivity index (χ0n) is 11.6. The second-order valence-corrected chi connectivity index (χ2v) is 5.59. The lowest BCUT2D eigenvalue weighted by Gasteiger charge is -2.08. The van der Waals surface area contributed by atoms with Crippen molar-refractivity contribution < 1.29 is 14.3 Å². The topological polar surface area (TPSA) is 73.6 Å². The molecule has 2 rings (SSSR count). The van der Waals surface area contributed by atoms with Crippen molar-refractivity contribution in [3.05, 3.63) is 17.7 Å². The van der Waals surface area contributed by atoms with Crippen LogP contribution in [0.3, 0.4) is 0 Å². The Morgan fingerprint density at radius 3 is 2.80 bits per heavy atom. The molecule has 20 heavy (non-hydrogen) atoms. The molecule has 0 radical (unpaired) electrons. The van der Waals surface area contributed by atoms with Crippen LogP contribution in [0.5, 0.6) is 11.5 Å². The number of benzene rings is 1. The maximum Gasteiger partial charge on any atom is 0.253 e. The third-order valence-corrected chi connectivity index (χ3v) is 3.80. The Labute approximate surface area is 123 Å². The van der Waals surface area contributed by atoms with E-state index >= 15 is 0 Å². The molecule has 5 nitrogen and oxygen atoms in total. The molecule has 3 N–H and O–H groups in total. The van der Waals surface area contributed by atoms with Crippen LogP contribution in [-0.2, 0) is 0 Å². The quantitative estimate of drug-likeness (QED) is 0.596. The van der Waals surface area contributed by atoms with E-state index in [2.05, 4.69) is 11.6 Å². The molecule has 1 aromatic rings. The molecule has 0 spiro atoms. The average Bonchev–Trinajstić information content (AvgIpc) is 2.88. The van der Waals surface area contributed by atoms with Crippen molar-refractivity contribution in [1.82, 2.24) is 5.32 Å². The van der Waals surface area contributed by atoms with Crippen molar-refractivity contribution in [3.63, 3.8) is 0 Å². The molecule has 0 saturated carbocycles. The first-order chi connectivity index (χ1) is 9.72. The van der Waals surface area contributed by atoms with Crippen LogP contribution in [0.4, 0.5) is 5.69 Å². The molecule has 1 heterocycles. The number of rotatable bonds is 7. The summed E-state index contributed by atoms with van der Waals surface area (Å²) in [5, 5.41) is 2.89. The van der Waals surface area contributed by atoms with Crippen molar-refractivity contribution in [2.24, 2.45) is 0 Å². The highest BCUT2D eigenvalue weighted by atomic mass is 32.2. The minimum absolute atomic E-state index is 0.161. The van der Waals surface area contributed by atoms with Gasteiger partial charge in [0, 0.05) is 18.3 Å². The van der Waals surface area contributed by atoms with Crippen LogP contribution in [0.25, 0.3) is 0 Å². The Balaban J connectivity index is 1.83. The van der Waals surface area contributed by atoms with Crippen LogP contribution in [0.2, 0.25) is 0 Å². The SMILES string of the molecule is CSCCCCCNC(=O)c1cc2c(cc1N)OCO2. The summed E-state index contributed by atoms with van der Waals surface area (Å²) in [6.07, 6.45) is 5.39. The first kappa shape index (κ1) is 14.8. The van der Waals surface area contributed by atoms with Gasteiger partial charge in [-0.15, -0.1) is 0 Å². The molecule has 110 valence electrons. The Kier molecular flexibility index (Phi) is 5.40. The highest BCUT2D eigenvalue weighted by Crippen LogP contribution is 2.35. The number of anilines is 1. The van der Waals surface area contributed by atoms with Crippen molar-refractivity contribution >= 4 is 23.4 Å². The third-order valence-electron chi connectivity index (χ3n) is 3.10. The average molecular weight is 296 g/mol. The van der Waals surface area contributed by atoms with E-state index in [9.17, 15) is 4.79 Å². The first-order valence-corrected chi connectivity index (χ1v) is 8.08. The van der Waals surface area contributed by atoms with Gasteiger partial charge in [-0.05, 0) is 30.9 Å². The number of amides is 1. The third kappa shape index (κ3) is 3.72. The van der Waals surface area contributed by atoms with E-state index in [-0.39, 0.29) is 12.7 Å². The molecule has 1 aromatic carbocycles. The van der Waals surface area contributed by atoms with Gasteiger partial charge >= 0.3 is 0 Å². The number of carbonyl (C=O) groups excluding carboxylic acids is 1. The molecular weight excluding hydrogens is 276 g/mol. The number of thioether (sulfide) groups is 1. The fraction of sp³-hybridized carbons (Fsp3) is 0.500. The number of unbranched alkanes of at least 4 members (excludes halogenated alkanes) is 2. The van der Waals surface area contributed by atoms with Gasteiger partial charge in [-0.1, -0.05) is 6.42 Å². The van der Waals surface area contributed by atoms with Gasteiger partial charge in [0.15, 0.2) is 11.5 Å². The number of nitrogens with two attached hydrogens (primary N) is 1. The van der Waals surface area contributed by atoms with Crippen molar-refractivity contribution in [2.75, 3.05) is 31.1 Å². The number of hydrogen-bond donors (Lipinski definition) is 2. The zero-order chi connectivity index (χ0) is 14.4. The van der Waals surface area contributed by atoms with Gasteiger partial charge in [-0.2, -0.15) is 11.8 Å². The molecule has 0 unspecified atom stereocenters. The second-order valence-electron chi connectivity index (χ2n) is 4.60. The van der Waals surface area contributed by atoms with E-state index < -0.39 is 0 Å². The molecule has 1 aliphatic rings. The van der Waals surface area contributed by atoms with E-state index in [4.69, 9.17) is 15.2 Å². The van der Waals surface area contributed by atoms with Crippen LogP contribution in [0, 0.1) is 0 Å². The largest absolute Gasteiger partial charge is 0.454 e. The lowest BCUT2D eigenvalue weighted by Crippen LogP contribution is -2.25. The van der Waals surface area contributed by atoms with Crippen LogP contribution < -0.4 is 20.5 Å². The van der Waals surface area contributed by atoms with Gasteiger partial charge in [-0.3, -0.25) is 4.79 Å². The Morgan fingerprint density at radius 2 is 2.05 bits per heavy atom. The van der Waals surface area contributed by atoms with E-state index in [0.717, 1.165) is 12.8 Å². The fourth-order valence-corrected chi connectivity index (χ4v) is 2.49. The predicted molar refractivity (Wildman–Crippen MR) is 81.5 cm³/mol. The number of fused-ring (bicyclic) bond motifs is 1. The van der Waals surface area contributed by atoms with Crippen LogP contribution in [-0.4, -0.2) is 31.3 Å². The van der Waals surface area contributed by atoms with E-state index in [1.54, 1.807) is 12.1 Å². The highest BCUT2D eigenvalue weighted by molar-refractivity contribution is 7.98. The summed E-state index contributed by atoms with van der Waals surface area (Å²) in [6, 6.07) is 3.27. The molecular formula is C14H20N2O3S. The number of nitrogens with one attached hydrogen (secondary N) is 1. The Bertz CT molecular complexity index is 480. The Hall–Kier alpha value is -1.56. The van der Waals surface area contributed by atoms with Crippen molar-refractivity contribution in [2.45, 2.75) is 19.3 Å². The van der Waals surface area contributed by atoms with Crippen LogP contribution >= 0.6 is 11.8 Å². The molecule has 6 heteroatoms. The minimum atomic E-state index is -0.161. The second kappa shape index (κ2) is 7.28. The van der Waals surface area contributed by atoms with E-state index in [1.807, 2.05) is 11.8 Å². The summed E-state index contributed by atoms with van der Waals surface area (Å²) in [7, 11) is 0. The number of nitrogen functional groups attached to an aromatic ring is 1. The monoisotopic (exact) mass is 296 g/mol. The molecule has 1 amide bonds. The van der Waals surface area contributed by atoms with E-state index in [0.29, 0.717) is 29.3 Å². The summed E-state index contributed by atoms with van der Waals surface area (Å²) >= 11 is 1.85. The number of carbonyl (C=O) groups is 1. The summed E-state index contributed by atoms with van der Waals surface area (Å²) in [4.78, 5) is 12.1. The summed E-state index contributed by atoms with van der Waals surface area (Å²) in [5.74, 6) is 2.18. The lowest BCUT2D eigenvalue weighted by atomic mass is 10.1. The van der Waals surface area contributed by atoms with Crippen molar-refractivity contribution in [1.29, 1.82) is 0 Å². The number of hydrogen-bond acceptors (Lipinski definition) is 5. The first-order valence-electron chi connectivity index (χ1n) is 6.68. The standard InChI is InChI=1S/C14H20N2O3S/c1-20-6-4-2-3-5-16-14(17)10-7-12-13(8-11(10)15)19-9-18-12/h7-8H,2-6,9,15H2,1H3,(H,16,17). The molecule has 0 aromatic heterocycles. The van der Waals surface area contributed by atoms with Crippen LogP contribution in [0.1, 0.15) is 29.6 Å². The van der Waals surface area contributed by atoms with Gasteiger partial charge < -0.3 is 20.5 Å². The normalized spacial score (nSPS) is 12.4. The smallest absolute Gasteiger partial charge is 0.253 e. The molecule has 0 saturated heterocycles. The maximum atomic E-state index is 12.1. The summed E-state index contributed by atoms with van der Waals surface area (Å²) in [5.41, 5.74) is 6.72. The summed E-state index contributed by atoms with van der Waals surface area (Å²) < 4.78 is 10.5. The fourth-order valence-electron chi connectivity index (χ4n) is 2.00. The zero-order valence-corrected chi connectivity index (χ0v) is 12.4. The molecule has 0 atom stereocenters. The van der Waals surface area contributed by atoms with Crippen LogP contribution in [0.15, 0.2) is 12.1 Å². The molecule has 1 aliphatic heterocycles. The number of ether oxygens (including phenoxy) is 2. The van der Waals surface area contributed by atoms with Gasteiger partial charge in [-0.25, -0.2) is 0 Å². The molecule has 0 aliphatic carbocycles. The molecule has 0 fully saturated rings. The van der Waals surface area contributed by atoms with Gasteiger partial charge in [0.05, 0.1) is 5.56 Å². The summed E-state index contributed by atoms with van der Waals surface area (Å²) in [6.45, 7) is 0.844. The van der Waals surface area contributed by atoms with Gasteiger partial charge in [0.1, 0.15) is 0 Å². The van der Waals surface area contributed by atoms with Gasteiger partial charge in [0.2, 0.25) is 6.79 Å².